The lowest BCUT2D eigenvalue weighted by molar-refractivity contribution is 0.113. The van der Waals surface area contributed by atoms with E-state index in [-0.39, 0.29) is 0 Å². The minimum absolute atomic E-state index is 0.671. The van der Waals surface area contributed by atoms with Crippen molar-refractivity contribution >= 4 is 0 Å². The normalized spacial score (nSPS) is 11.6. The molecule has 0 aliphatic carbocycles. The second-order valence-corrected chi connectivity index (χ2v) is 3.55. The molecule has 0 bridgehead atoms. The van der Waals surface area contributed by atoms with Crippen LogP contribution in [0.4, 0.5) is 0 Å². The fourth-order valence-electron chi connectivity index (χ4n) is 0.982. The zero-order valence-corrected chi connectivity index (χ0v) is 7.62. The lowest BCUT2D eigenvalue weighted by Gasteiger charge is -2.15. The summed E-state index contributed by atoms with van der Waals surface area (Å²) in [5, 5.41) is 9.42. The monoisotopic (exact) mass is 163 g/mol. The molecule has 0 saturated heterocycles. The molecule has 1 N–H and O–H groups in total. The molecule has 0 aromatic heterocycles. The molecule has 0 unspecified atom stereocenters. The van der Waals surface area contributed by atoms with E-state index in [4.69, 9.17) is 0 Å². The minimum Gasteiger partial charge on any atom is -0.390 e. The fourth-order valence-corrected chi connectivity index (χ4v) is 0.982. The molecule has 0 amide bonds. The van der Waals surface area contributed by atoms with Gasteiger partial charge in [0.25, 0.3) is 0 Å². The summed E-state index contributed by atoms with van der Waals surface area (Å²) in [6.45, 7) is 3.58. The van der Waals surface area contributed by atoms with Gasteiger partial charge >= 0.3 is 0 Å². The molecule has 0 saturated carbocycles. The molecule has 0 atom stereocenters. The van der Waals surface area contributed by atoms with Crippen molar-refractivity contribution in [2.24, 2.45) is 0 Å². The standard InChI is InChI=1S/C11H15O/c1-11(2,12)9-8-10-6-4-3-5-7-10/h3-7,9,12H,8H2,1-2H3. The van der Waals surface area contributed by atoms with Gasteiger partial charge in [0.05, 0.1) is 5.60 Å². The van der Waals surface area contributed by atoms with Crippen molar-refractivity contribution in [3.05, 3.63) is 42.3 Å². The summed E-state index contributed by atoms with van der Waals surface area (Å²) in [6.07, 6.45) is 2.73. The Morgan fingerprint density at radius 2 is 1.83 bits per heavy atom. The lowest BCUT2D eigenvalue weighted by Crippen LogP contribution is -2.20. The van der Waals surface area contributed by atoms with Gasteiger partial charge in [-0.2, -0.15) is 0 Å². The van der Waals surface area contributed by atoms with Crippen molar-refractivity contribution in [2.75, 3.05) is 0 Å². The maximum absolute atomic E-state index is 9.42. The van der Waals surface area contributed by atoms with Gasteiger partial charge in [-0.1, -0.05) is 30.3 Å². The van der Waals surface area contributed by atoms with Crippen LogP contribution in [-0.2, 0) is 6.42 Å². The van der Waals surface area contributed by atoms with Crippen LogP contribution in [-0.4, -0.2) is 10.7 Å². The summed E-state index contributed by atoms with van der Waals surface area (Å²) in [4.78, 5) is 0. The van der Waals surface area contributed by atoms with Crippen molar-refractivity contribution in [3.63, 3.8) is 0 Å². The summed E-state index contributed by atoms with van der Waals surface area (Å²) >= 11 is 0. The molecule has 1 heteroatoms. The number of hydrogen-bond acceptors (Lipinski definition) is 1. The van der Waals surface area contributed by atoms with Crippen LogP contribution in [0, 0.1) is 6.42 Å². The van der Waals surface area contributed by atoms with Crippen LogP contribution in [0.3, 0.4) is 0 Å². The van der Waals surface area contributed by atoms with Gasteiger partial charge in [-0.15, -0.1) is 0 Å². The Morgan fingerprint density at radius 3 is 2.33 bits per heavy atom. The van der Waals surface area contributed by atoms with Gasteiger partial charge in [0.1, 0.15) is 0 Å². The van der Waals surface area contributed by atoms with Crippen LogP contribution >= 0.6 is 0 Å². The zero-order valence-electron chi connectivity index (χ0n) is 7.62. The molecule has 1 nitrogen and oxygen atoms in total. The van der Waals surface area contributed by atoms with E-state index < -0.39 is 5.60 Å². The zero-order chi connectivity index (χ0) is 9.03. The smallest absolute Gasteiger partial charge is 0.0626 e. The van der Waals surface area contributed by atoms with Gasteiger partial charge in [-0.3, -0.25) is 0 Å². The van der Waals surface area contributed by atoms with Crippen molar-refractivity contribution in [3.8, 4) is 0 Å². The SMILES string of the molecule is CC(C)(O)[CH]Cc1ccccc1. The molecule has 0 aliphatic rings. The summed E-state index contributed by atoms with van der Waals surface area (Å²) in [7, 11) is 0. The molecule has 1 rings (SSSR count). The molecule has 1 aromatic rings. The number of benzene rings is 1. The van der Waals surface area contributed by atoms with Gasteiger partial charge in [-0.05, 0) is 32.3 Å². The molecular formula is C11H15O. The van der Waals surface area contributed by atoms with Crippen LogP contribution in [0.25, 0.3) is 0 Å². The maximum Gasteiger partial charge on any atom is 0.0626 e. The van der Waals surface area contributed by atoms with Crippen LogP contribution in [0.1, 0.15) is 19.4 Å². The van der Waals surface area contributed by atoms with Crippen molar-refractivity contribution < 1.29 is 5.11 Å². The first kappa shape index (κ1) is 9.27. The third-order valence-electron chi connectivity index (χ3n) is 1.68. The number of aliphatic hydroxyl groups is 1. The predicted molar refractivity (Wildman–Crippen MR) is 50.7 cm³/mol. The Balaban J connectivity index is 2.44. The molecular weight excluding hydrogens is 148 g/mol. The van der Waals surface area contributed by atoms with Gasteiger partial charge in [0, 0.05) is 0 Å². The van der Waals surface area contributed by atoms with E-state index in [1.54, 1.807) is 13.8 Å². The molecule has 0 heterocycles. The Hall–Kier alpha value is -0.820. The number of hydrogen-bond donors (Lipinski definition) is 1. The van der Waals surface area contributed by atoms with Gasteiger partial charge in [-0.25, -0.2) is 0 Å². The van der Waals surface area contributed by atoms with E-state index in [0.717, 1.165) is 6.42 Å². The minimum atomic E-state index is -0.671. The molecule has 65 valence electrons. The lowest BCUT2D eigenvalue weighted by atomic mass is 9.99. The second-order valence-electron chi connectivity index (χ2n) is 3.55. The van der Waals surface area contributed by atoms with Gasteiger partial charge in [0.2, 0.25) is 0 Å². The van der Waals surface area contributed by atoms with E-state index in [1.165, 1.54) is 5.56 Å². The van der Waals surface area contributed by atoms with Gasteiger partial charge in [0.15, 0.2) is 0 Å². The third kappa shape index (κ3) is 3.54. The molecule has 1 aromatic carbocycles. The molecule has 0 fully saturated rings. The first-order valence-corrected chi connectivity index (χ1v) is 4.18. The Morgan fingerprint density at radius 1 is 1.25 bits per heavy atom. The quantitative estimate of drug-likeness (QED) is 0.724. The average Bonchev–Trinajstić information content (AvgIpc) is 2.02. The summed E-state index contributed by atoms with van der Waals surface area (Å²) in [5.74, 6) is 0. The summed E-state index contributed by atoms with van der Waals surface area (Å²) in [5.41, 5.74) is 0.565. The van der Waals surface area contributed by atoms with E-state index in [2.05, 4.69) is 12.1 Å². The number of rotatable bonds is 3. The highest BCUT2D eigenvalue weighted by atomic mass is 16.3. The third-order valence-corrected chi connectivity index (χ3v) is 1.68. The predicted octanol–water partition coefficient (Wildman–Crippen LogP) is 2.20. The van der Waals surface area contributed by atoms with E-state index in [9.17, 15) is 5.11 Å². The highest BCUT2D eigenvalue weighted by Gasteiger charge is 2.11. The Kier molecular flexibility index (Phi) is 2.88. The van der Waals surface area contributed by atoms with Crippen LogP contribution < -0.4 is 0 Å². The Bertz CT molecular complexity index is 221. The topological polar surface area (TPSA) is 20.2 Å². The van der Waals surface area contributed by atoms with Crippen LogP contribution in [0.15, 0.2) is 30.3 Å². The molecule has 0 spiro atoms. The van der Waals surface area contributed by atoms with Crippen LogP contribution in [0.2, 0.25) is 0 Å². The van der Waals surface area contributed by atoms with Crippen molar-refractivity contribution in [1.29, 1.82) is 0 Å². The maximum atomic E-state index is 9.42. The van der Waals surface area contributed by atoms with Crippen molar-refractivity contribution in [1.82, 2.24) is 0 Å². The average molecular weight is 163 g/mol. The second kappa shape index (κ2) is 3.72. The highest BCUT2D eigenvalue weighted by molar-refractivity contribution is 5.17. The largest absolute Gasteiger partial charge is 0.390 e. The summed E-state index contributed by atoms with van der Waals surface area (Å²) in [6, 6.07) is 10.1. The first-order valence-electron chi connectivity index (χ1n) is 4.18. The highest BCUT2D eigenvalue weighted by Crippen LogP contribution is 2.11. The molecule has 12 heavy (non-hydrogen) atoms. The van der Waals surface area contributed by atoms with E-state index in [0.29, 0.717) is 0 Å². The first-order chi connectivity index (χ1) is 5.58. The summed E-state index contributed by atoms with van der Waals surface area (Å²) < 4.78 is 0. The van der Waals surface area contributed by atoms with E-state index >= 15 is 0 Å². The Labute approximate surface area is 74.1 Å². The molecule has 1 radical (unpaired) electrons. The van der Waals surface area contributed by atoms with Crippen molar-refractivity contribution in [2.45, 2.75) is 25.9 Å². The van der Waals surface area contributed by atoms with E-state index in [1.807, 2.05) is 24.6 Å². The van der Waals surface area contributed by atoms with Crippen LogP contribution in [0.5, 0.6) is 0 Å². The molecule has 0 aliphatic heterocycles. The van der Waals surface area contributed by atoms with Gasteiger partial charge < -0.3 is 5.11 Å². The fraction of sp³-hybridized carbons (Fsp3) is 0.364.